The predicted molar refractivity (Wildman–Crippen MR) is 85.1 cm³/mol. The molecule has 0 N–H and O–H groups in total. The Labute approximate surface area is 207 Å². The summed E-state index contributed by atoms with van der Waals surface area (Å²) >= 11 is 0. The van der Waals surface area contributed by atoms with Crippen LogP contribution >= 0.6 is 0 Å². The van der Waals surface area contributed by atoms with E-state index in [1.54, 1.807) is 0 Å². The molecule has 0 unspecified atom stereocenters. The van der Waals surface area contributed by atoms with Crippen LogP contribution in [-0.4, -0.2) is 80.3 Å². The van der Waals surface area contributed by atoms with Gasteiger partial charge in [0.25, 0.3) is 10.1 Å². The van der Waals surface area contributed by atoms with Gasteiger partial charge in [-0.05, 0) is 0 Å². The van der Waals surface area contributed by atoms with Gasteiger partial charge in [-0.15, -0.1) is 6.58 Å². The van der Waals surface area contributed by atoms with Crippen molar-refractivity contribution in [3.05, 3.63) is 12.7 Å². The van der Waals surface area contributed by atoms with Crippen LogP contribution in [0.15, 0.2) is 12.7 Å². The van der Waals surface area contributed by atoms with Crippen molar-refractivity contribution in [3.8, 4) is 0 Å². The molecule has 0 aromatic carbocycles. The molecule has 0 radical (unpaired) electrons. The minimum absolute atomic E-state index is 0.447. The first kappa shape index (κ1) is 38.2. The summed E-state index contributed by atoms with van der Waals surface area (Å²) in [5.41, 5.74) is 0. The minimum atomic E-state index is -9.25. The Morgan fingerprint density at radius 1 is 0.500 bits per heavy atom. The van der Waals surface area contributed by atoms with Crippen molar-refractivity contribution in [2.75, 3.05) is 12.4 Å². The standard InChI is InChI=1S/C15H9F21O3S/c1-2-5-40(37,38)39-4-3-6(16,17)7(18,19)8(20,21)9(22,23)10(24,25)11(26,27)12(28,29)13(30,31)14(32,33)15(34,35)36/h2H,1,3-5H2. The molecule has 0 amide bonds. The van der Waals surface area contributed by atoms with Crippen LogP contribution < -0.4 is 0 Å². The molecule has 0 bridgehead atoms. The van der Waals surface area contributed by atoms with Gasteiger partial charge >= 0.3 is 59.5 Å². The van der Waals surface area contributed by atoms with Crippen LogP contribution in [0.2, 0.25) is 0 Å². The van der Waals surface area contributed by atoms with E-state index in [-0.39, 0.29) is 0 Å². The highest BCUT2D eigenvalue weighted by Crippen LogP contribution is 2.66. The molecule has 0 aromatic rings. The molecule has 0 aliphatic heterocycles. The van der Waals surface area contributed by atoms with Crippen LogP contribution in [0.4, 0.5) is 92.2 Å². The molecule has 0 saturated heterocycles. The summed E-state index contributed by atoms with van der Waals surface area (Å²) in [4.78, 5) is 0. The summed E-state index contributed by atoms with van der Waals surface area (Å²) in [6, 6.07) is 0. The van der Waals surface area contributed by atoms with Crippen molar-refractivity contribution in [3.63, 3.8) is 0 Å². The van der Waals surface area contributed by atoms with E-state index < -0.39 is 88.4 Å². The molecule has 0 fully saturated rings. The van der Waals surface area contributed by atoms with E-state index in [4.69, 9.17) is 0 Å². The first-order chi connectivity index (χ1) is 17.0. The molecular weight excluding hydrogens is 659 g/mol. The molecule has 240 valence electrons. The Kier molecular flexibility index (Phi) is 9.71. The van der Waals surface area contributed by atoms with Crippen molar-refractivity contribution in [1.29, 1.82) is 0 Å². The van der Waals surface area contributed by atoms with Gasteiger partial charge in [-0.3, -0.25) is 4.18 Å². The second-order valence-electron chi connectivity index (χ2n) is 7.38. The summed E-state index contributed by atoms with van der Waals surface area (Å²) in [5.74, 6) is -79.2. The van der Waals surface area contributed by atoms with Gasteiger partial charge in [0.2, 0.25) is 0 Å². The van der Waals surface area contributed by atoms with E-state index >= 15 is 0 Å². The van der Waals surface area contributed by atoms with E-state index in [0.717, 1.165) is 0 Å². The summed E-state index contributed by atoms with van der Waals surface area (Å²) in [6.07, 6.45) is -10.8. The second kappa shape index (κ2) is 10.2. The smallest absolute Gasteiger partial charge is 0.270 e. The van der Waals surface area contributed by atoms with Crippen LogP contribution in [0.25, 0.3) is 0 Å². The van der Waals surface area contributed by atoms with Gasteiger partial charge in [-0.1, -0.05) is 6.08 Å². The molecule has 3 nitrogen and oxygen atoms in total. The average Bonchev–Trinajstić information content (AvgIpc) is 2.71. The third-order valence-electron chi connectivity index (χ3n) is 4.58. The zero-order chi connectivity index (χ0) is 33.0. The molecule has 0 spiro atoms. The first-order valence-electron chi connectivity index (χ1n) is 8.97. The molecule has 0 atom stereocenters. The van der Waals surface area contributed by atoms with Crippen LogP contribution in [0.1, 0.15) is 6.42 Å². The predicted octanol–water partition coefficient (Wildman–Crippen LogP) is 7.19. The average molecular weight is 668 g/mol. The van der Waals surface area contributed by atoms with Crippen LogP contribution in [0, 0.1) is 0 Å². The van der Waals surface area contributed by atoms with Crippen LogP contribution in [0.3, 0.4) is 0 Å². The maximum absolute atomic E-state index is 13.7. The Morgan fingerprint density at radius 3 is 1.05 bits per heavy atom. The monoisotopic (exact) mass is 668 g/mol. The lowest BCUT2D eigenvalue weighted by molar-refractivity contribution is -0.474. The van der Waals surface area contributed by atoms with Gasteiger partial charge in [-0.25, -0.2) is 0 Å². The molecule has 0 aliphatic carbocycles. The van der Waals surface area contributed by atoms with Crippen LogP contribution in [0.5, 0.6) is 0 Å². The van der Waals surface area contributed by atoms with Gasteiger partial charge in [0.1, 0.15) is 0 Å². The van der Waals surface area contributed by atoms with E-state index in [9.17, 15) is 101 Å². The molecule has 25 heteroatoms. The quantitative estimate of drug-likeness (QED) is 0.112. The van der Waals surface area contributed by atoms with Crippen molar-refractivity contribution >= 4 is 10.1 Å². The molecule has 40 heavy (non-hydrogen) atoms. The Hall–Kier alpha value is -1.82. The zero-order valence-corrected chi connectivity index (χ0v) is 18.8. The lowest BCUT2D eigenvalue weighted by Crippen LogP contribution is -2.76. The number of hydrogen-bond acceptors (Lipinski definition) is 3. The van der Waals surface area contributed by atoms with E-state index in [2.05, 4.69) is 10.8 Å². The second-order valence-corrected chi connectivity index (χ2v) is 9.07. The lowest BCUT2D eigenvalue weighted by Gasteiger charge is -2.44. The lowest BCUT2D eigenvalue weighted by atomic mass is 9.86. The Morgan fingerprint density at radius 2 is 0.775 bits per heavy atom. The van der Waals surface area contributed by atoms with Gasteiger partial charge in [0.15, 0.2) is 0 Å². The molecule has 0 heterocycles. The highest BCUT2D eigenvalue weighted by atomic mass is 32.2. The third-order valence-corrected chi connectivity index (χ3v) is 5.75. The highest BCUT2D eigenvalue weighted by Gasteiger charge is 2.97. The zero-order valence-electron chi connectivity index (χ0n) is 18.0. The van der Waals surface area contributed by atoms with Gasteiger partial charge in [-0.2, -0.15) is 101 Å². The maximum atomic E-state index is 13.7. The normalized spacial score (nSPS) is 16.3. The summed E-state index contributed by atoms with van der Waals surface area (Å²) in [7, 11) is -5.01. The molecular formula is C15H9F21O3S. The fourth-order valence-electron chi connectivity index (χ4n) is 2.24. The van der Waals surface area contributed by atoms with E-state index in [1.807, 2.05) is 0 Å². The highest BCUT2D eigenvalue weighted by molar-refractivity contribution is 7.86. The minimum Gasteiger partial charge on any atom is -0.270 e. The van der Waals surface area contributed by atoms with Gasteiger partial charge in [0.05, 0.1) is 12.4 Å². The van der Waals surface area contributed by atoms with Crippen molar-refractivity contribution in [1.82, 2.24) is 0 Å². The van der Waals surface area contributed by atoms with Gasteiger partial charge < -0.3 is 0 Å². The number of rotatable bonds is 14. The van der Waals surface area contributed by atoms with E-state index in [1.165, 1.54) is 0 Å². The fourth-order valence-corrected chi connectivity index (χ4v) is 2.96. The van der Waals surface area contributed by atoms with Gasteiger partial charge in [0, 0.05) is 6.42 Å². The Bertz CT molecular complexity index is 1030. The third kappa shape index (κ3) is 5.39. The van der Waals surface area contributed by atoms with Crippen molar-refractivity contribution in [2.45, 2.75) is 65.9 Å². The first-order valence-corrected chi connectivity index (χ1v) is 10.5. The maximum Gasteiger partial charge on any atom is 0.460 e. The van der Waals surface area contributed by atoms with Crippen molar-refractivity contribution < 1.29 is 105 Å². The number of hydrogen-bond donors (Lipinski definition) is 0. The summed E-state index contributed by atoms with van der Waals surface area (Å²) in [6.45, 7) is 0.391. The number of halogens is 21. The van der Waals surface area contributed by atoms with Crippen molar-refractivity contribution in [2.24, 2.45) is 0 Å². The molecule has 0 saturated carbocycles. The molecule has 0 aliphatic rings. The number of alkyl halides is 21. The van der Waals surface area contributed by atoms with Crippen LogP contribution in [-0.2, 0) is 14.3 Å². The summed E-state index contributed by atoms with van der Waals surface area (Å²) in [5, 5.41) is 0. The molecule has 0 rings (SSSR count). The fraction of sp³-hybridized carbons (Fsp3) is 0.867. The Balaban J connectivity index is 6.78. The topological polar surface area (TPSA) is 43.4 Å². The summed E-state index contributed by atoms with van der Waals surface area (Å²) < 4.78 is 303. The SMILES string of the molecule is C=CCS(=O)(=O)OCCC(F)(F)C(F)(F)C(F)(F)C(F)(F)C(F)(F)C(F)(F)C(F)(F)C(F)(F)C(F)(F)C(F)(F)F. The molecule has 0 aromatic heterocycles. The largest absolute Gasteiger partial charge is 0.460 e. The van der Waals surface area contributed by atoms with E-state index in [0.29, 0.717) is 6.08 Å².